The Kier molecular flexibility index (Phi) is 8.36. The quantitative estimate of drug-likeness (QED) is 0.254. The highest BCUT2D eigenvalue weighted by Gasteiger charge is 2.49. The van der Waals surface area contributed by atoms with E-state index in [0.29, 0.717) is 5.56 Å². The van der Waals surface area contributed by atoms with Crippen LogP contribution in [-0.2, 0) is 18.8 Å². The standard InChI is InChI=1S/C22H26F2N3O6PS/c1-21(2,3)33-26-20(28)27-22(15-8-5-4-6-9-15,12-7-13-32-34(29,30)31)35-19(25-27)17-14-16(23)10-11-18(17)24/h4-6,8-11,14H,7,12-13H2,1-3H3,(H,26,28)(H2,29,30,31). The van der Waals surface area contributed by atoms with Gasteiger partial charge in [0.1, 0.15) is 21.5 Å². The van der Waals surface area contributed by atoms with Gasteiger partial charge >= 0.3 is 13.9 Å². The minimum Gasteiger partial charge on any atom is -0.303 e. The molecule has 1 unspecified atom stereocenters. The van der Waals surface area contributed by atoms with E-state index < -0.39 is 36.0 Å². The number of hydrogen-bond donors (Lipinski definition) is 3. The number of hydroxylamine groups is 1. The van der Waals surface area contributed by atoms with Gasteiger partial charge in [-0.2, -0.15) is 10.1 Å². The molecule has 1 aliphatic heterocycles. The van der Waals surface area contributed by atoms with Crippen molar-refractivity contribution in [3.63, 3.8) is 0 Å². The maximum Gasteiger partial charge on any atom is 0.469 e. The van der Waals surface area contributed by atoms with Gasteiger partial charge in [0.15, 0.2) is 0 Å². The molecule has 3 N–H and O–H groups in total. The Morgan fingerprint density at radius 3 is 2.51 bits per heavy atom. The van der Waals surface area contributed by atoms with E-state index in [9.17, 15) is 18.1 Å². The molecule has 0 saturated carbocycles. The van der Waals surface area contributed by atoms with Crippen molar-refractivity contribution in [3.05, 3.63) is 71.3 Å². The van der Waals surface area contributed by atoms with Gasteiger partial charge in [-0.05, 0) is 57.4 Å². The van der Waals surface area contributed by atoms with Crippen LogP contribution in [0.5, 0.6) is 0 Å². The maximum atomic E-state index is 14.6. The van der Waals surface area contributed by atoms with Crippen LogP contribution < -0.4 is 5.48 Å². The van der Waals surface area contributed by atoms with Crippen LogP contribution in [0.25, 0.3) is 0 Å². The van der Waals surface area contributed by atoms with E-state index in [-0.39, 0.29) is 30.1 Å². The molecule has 0 spiro atoms. The first kappa shape index (κ1) is 27.3. The summed E-state index contributed by atoms with van der Waals surface area (Å²) in [5.41, 5.74) is 2.09. The van der Waals surface area contributed by atoms with Crippen LogP contribution in [0, 0.1) is 11.6 Å². The largest absolute Gasteiger partial charge is 0.469 e. The van der Waals surface area contributed by atoms with E-state index in [1.165, 1.54) is 0 Å². The highest BCUT2D eigenvalue weighted by Crippen LogP contribution is 2.51. The van der Waals surface area contributed by atoms with Crippen LogP contribution in [-0.4, -0.2) is 38.1 Å². The second-order valence-corrected chi connectivity index (χ2v) is 11.1. The first-order valence-corrected chi connectivity index (χ1v) is 12.9. The molecule has 1 heterocycles. The number of hydrogen-bond acceptors (Lipinski definition) is 6. The smallest absolute Gasteiger partial charge is 0.303 e. The van der Waals surface area contributed by atoms with Crippen LogP contribution in [0.3, 0.4) is 0 Å². The lowest BCUT2D eigenvalue weighted by atomic mass is 10.0. The Bertz CT molecular complexity index is 1140. The summed E-state index contributed by atoms with van der Waals surface area (Å²) in [6.07, 6.45) is 0.208. The number of amides is 2. The Balaban J connectivity index is 2.04. The van der Waals surface area contributed by atoms with Gasteiger partial charge in [0.25, 0.3) is 0 Å². The highest BCUT2D eigenvalue weighted by atomic mass is 32.2. The number of halogens is 2. The predicted molar refractivity (Wildman–Crippen MR) is 127 cm³/mol. The van der Waals surface area contributed by atoms with E-state index in [0.717, 1.165) is 35.0 Å². The fraction of sp³-hybridized carbons (Fsp3) is 0.364. The molecule has 2 aromatic carbocycles. The molecule has 3 rings (SSSR count). The van der Waals surface area contributed by atoms with E-state index in [1.54, 1.807) is 51.1 Å². The van der Waals surface area contributed by atoms with Crippen LogP contribution in [0.15, 0.2) is 53.6 Å². The van der Waals surface area contributed by atoms with Crippen molar-refractivity contribution in [2.75, 3.05) is 6.61 Å². The predicted octanol–water partition coefficient (Wildman–Crippen LogP) is 4.86. The van der Waals surface area contributed by atoms with Crippen LogP contribution in [0.1, 0.15) is 44.7 Å². The number of carbonyl (C=O) groups is 1. The van der Waals surface area contributed by atoms with Crippen molar-refractivity contribution in [2.24, 2.45) is 5.10 Å². The summed E-state index contributed by atoms with van der Waals surface area (Å²) in [6.45, 7) is 4.88. The van der Waals surface area contributed by atoms with E-state index in [1.807, 2.05) is 0 Å². The molecule has 0 saturated heterocycles. The second-order valence-electron chi connectivity index (χ2n) is 8.64. The third-order valence-electron chi connectivity index (χ3n) is 4.74. The van der Waals surface area contributed by atoms with E-state index in [2.05, 4.69) is 15.1 Å². The molecular weight excluding hydrogens is 503 g/mol. The number of nitrogens with zero attached hydrogens (tertiary/aromatic N) is 2. The molecule has 0 aromatic heterocycles. The fourth-order valence-corrected chi connectivity index (χ4v) is 5.08. The van der Waals surface area contributed by atoms with Crippen molar-refractivity contribution in [1.82, 2.24) is 10.5 Å². The van der Waals surface area contributed by atoms with Crippen LogP contribution in [0.4, 0.5) is 13.6 Å². The van der Waals surface area contributed by atoms with Crippen LogP contribution >= 0.6 is 19.6 Å². The van der Waals surface area contributed by atoms with Crippen molar-refractivity contribution in [3.8, 4) is 0 Å². The van der Waals surface area contributed by atoms with Gasteiger partial charge in [0, 0.05) is 5.56 Å². The summed E-state index contributed by atoms with van der Waals surface area (Å²) in [5, 5.41) is 5.47. The minimum absolute atomic E-state index is 0.0488. The number of urea groups is 1. The first-order chi connectivity index (χ1) is 16.3. The Morgan fingerprint density at radius 1 is 1.20 bits per heavy atom. The molecule has 1 aliphatic rings. The van der Waals surface area contributed by atoms with Crippen molar-refractivity contribution in [1.29, 1.82) is 0 Å². The second kappa shape index (κ2) is 10.7. The van der Waals surface area contributed by atoms with Gasteiger partial charge in [0.05, 0.1) is 12.2 Å². The number of phosphoric acid groups is 1. The van der Waals surface area contributed by atoms with Crippen molar-refractivity contribution >= 4 is 30.7 Å². The zero-order valence-electron chi connectivity index (χ0n) is 19.3. The Morgan fingerprint density at radius 2 is 1.89 bits per heavy atom. The molecule has 9 nitrogen and oxygen atoms in total. The molecule has 0 radical (unpaired) electrons. The molecule has 0 bridgehead atoms. The number of carbonyl (C=O) groups excluding carboxylic acids is 1. The number of phosphoric ester groups is 1. The molecule has 2 amide bonds. The number of nitrogens with one attached hydrogen (secondary N) is 1. The van der Waals surface area contributed by atoms with Crippen molar-refractivity contribution < 1.29 is 37.3 Å². The normalized spacial score (nSPS) is 18.5. The lowest BCUT2D eigenvalue weighted by Crippen LogP contribution is -2.48. The molecule has 1 atom stereocenters. The van der Waals surface area contributed by atoms with E-state index >= 15 is 0 Å². The van der Waals surface area contributed by atoms with Gasteiger partial charge in [-0.15, -0.1) is 0 Å². The molecule has 2 aromatic rings. The zero-order chi connectivity index (χ0) is 25.9. The van der Waals surface area contributed by atoms with E-state index in [4.69, 9.17) is 14.6 Å². The summed E-state index contributed by atoms with van der Waals surface area (Å²) in [6, 6.07) is 10.9. The van der Waals surface area contributed by atoms with Gasteiger partial charge in [0.2, 0.25) is 0 Å². The average Bonchev–Trinajstić information content (AvgIpc) is 3.17. The number of hydrazone groups is 1. The van der Waals surface area contributed by atoms with Crippen molar-refractivity contribution in [2.45, 2.75) is 44.1 Å². The van der Waals surface area contributed by atoms with Gasteiger partial charge < -0.3 is 9.79 Å². The zero-order valence-corrected chi connectivity index (χ0v) is 21.0. The van der Waals surface area contributed by atoms with Gasteiger partial charge in [-0.1, -0.05) is 42.1 Å². The van der Waals surface area contributed by atoms with Gasteiger partial charge in [-0.25, -0.2) is 23.6 Å². The highest BCUT2D eigenvalue weighted by molar-refractivity contribution is 8.15. The average molecular weight is 530 g/mol. The number of thioether (sulfide) groups is 1. The first-order valence-electron chi connectivity index (χ1n) is 10.6. The number of rotatable bonds is 8. The molecule has 35 heavy (non-hydrogen) atoms. The lowest BCUT2D eigenvalue weighted by molar-refractivity contribution is -0.0609. The summed E-state index contributed by atoms with van der Waals surface area (Å²) in [7, 11) is -4.70. The molecule has 0 fully saturated rings. The molecular formula is C22H26F2N3O6PS. The lowest BCUT2D eigenvalue weighted by Gasteiger charge is -2.36. The maximum absolute atomic E-state index is 14.6. The third-order valence-corrected chi connectivity index (χ3v) is 6.70. The minimum atomic E-state index is -4.70. The molecule has 0 aliphatic carbocycles. The Hall–Kier alpha value is -2.34. The summed E-state index contributed by atoms with van der Waals surface area (Å²) < 4.78 is 44.3. The molecule has 13 heteroatoms. The Labute approximate surface area is 205 Å². The van der Waals surface area contributed by atoms with Gasteiger partial charge in [-0.3, -0.25) is 9.36 Å². The number of benzene rings is 2. The summed E-state index contributed by atoms with van der Waals surface area (Å²) in [4.78, 5) is 35.4. The molecule has 190 valence electrons. The summed E-state index contributed by atoms with van der Waals surface area (Å²) >= 11 is 1.02. The third kappa shape index (κ3) is 7.09. The monoisotopic (exact) mass is 529 g/mol. The fourth-order valence-electron chi connectivity index (χ4n) is 3.29. The summed E-state index contributed by atoms with van der Waals surface area (Å²) in [5.74, 6) is -1.40. The topological polar surface area (TPSA) is 121 Å². The SMILES string of the molecule is CC(C)(C)ONC(=O)N1N=C(c2cc(F)ccc2F)SC1(CCCOP(=O)(O)O)c1ccccc1. The van der Waals surface area contributed by atoms with Crippen LogP contribution in [0.2, 0.25) is 0 Å².